The number of aromatic nitrogens is 2. The lowest BCUT2D eigenvalue weighted by molar-refractivity contribution is -0.119. The molecule has 0 saturated carbocycles. The maximum absolute atomic E-state index is 13.4. The number of hydrogen-bond donors (Lipinski definition) is 3. The predicted octanol–water partition coefficient (Wildman–Crippen LogP) is 5.26. The van der Waals surface area contributed by atoms with Crippen LogP contribution in [-0.4, -0.2) is 33.8 Å². The van der Waals surface area contributed by atoms with E-state index in [1.165, 1.54) is 0 Å². The maximum atomic E-state index is 13.4. The smallest absolute Gasteiger partial charge is 0.407 e. The van der Waals surface area contributed by atoms with E-state index in [0.29, 0.717) is 0 Å². The van der Waals surface area contributed by atoms with E-state index in [1.54, 1.807) is 17.1 Å². The van der Waals surface area contributed by atoms with E-state index in [9.17, 15) is 9.59 Å². The van der Waals surface area contributed by atoms with Crippen molar-refractivity contribution in [1.82, 2.24) is 15.0 Å². The summed E-state index contributed by atoms with van der Waals surface area (Å²) in [5.41, 5.74) is 5.04. The van der Waals surface area contributed by atoms with Crippen LogP contribution in [0.25, 0.3) is 21.8 Å². The summed E-state index contributed by atoms with van der Waals surface area (Å²) in [6.07, 6.45) is 3.03. The fourth-order valence-corrected chi connectivity index (χ4v) is 3.93. The van der Waals surface area contributed by atoms with Gasteiger partial charge in [0.1, 0.15) is 12.5 Å². The topological polar surface area (TPSA) is 88.1 Å². The summed E-state index contributed by atoms with van der Waals surface area (Å²) in [7, 11) is 0. The minimum atomic E-state index is -0.707. The van der Waals surface area contributed by atoms with Crippen molar-refractivity contribution in [3.05, 3.63) is 71.0 Å². The third kappa shape index (κ3) is 4.80. The molecule has 32 heavy (non-hydrogen) atoms. The third-order valence-corrected chi connectivity index (χ3v) is 5.55. The van der Waals surface area contributed by atoms with Crippen molar-refractivity contribution in [2.75, 3.05) is 12.0 Å². The number of nitrogens with one attached hydrogen (secondary N) is 3. The number of amides is 2. The molecular formula is C24H25BrN4O3. The fourth-order valence-electron chi connectivity index (χ4n) is 3.59. The quantitative estimate of drug-likeness (QED) is 0.351. The number of benzene rings is 2. The molecule has 4 aromatic rings. The number of halogens is 1. The Bertz CT molecular complexity index is 1290. The van der Waals surface area contributed by atoms with E-state index in [0.717, 1.165) is 31.8 Å². The first-order valence-electron chi connectivity index (χ1n) is 10.3. The molecule has 0 aliphatic rings. The van der Waals surface area contributed by atoms with Gasteiger partial charge in [0.05, 0.1) is 5.52 Å². The zero-order valence-electron chi connectivity index (χ0n) is 18.1. The number of aromatic amines is 1. The van der Waals surface area contributed by atoms with E-state index in [4.69, 9.17) is 4.74 Å². The Hall–Kier alpha value is -3.26. The molecule has 166 valence electrons. The summed E-state index contributed by atoms with van der Waals surface area (Å²) in [5.74, 6) is -0.989. The highest BCUT2D eigenvalue weighted by molar-refractivity contribution is 9.10. The summed E-state index contributed by atoms with van der Waals surface area (Å²) >= 11 is 3.48. The van der Waals surface area contributed by atoms with Crippen molar-refractivity contribution in [1.29, 1.82) is 0 Å². The van der Waals surface area contributed by atoms with Crippen LogP contribution in [0.1, 0.15) is 32.3 Å². The van der Waals surface area contributed by atoms with Gasteiger partial charge in [-0.05, 0) is 50.6 Å². The SMILES string of the molecule is CC(C)(C)NC(=O)OCC(C(=O)Nn1ccc2ccc(Br)cc21)c1c[nH]c2ccccc12. The monoisotopic (exact) mass is 496 g/mol. The maximum Gasteiger partial charge on any atom is 0.407 e. The van der Waals surface area contributed by atoms with E-state index in [1.807, 2.05) is 69.3 Å². The van der Waals surface area contributed by atoms with Gasteiger partial charge in [-0.15, -0.1) is 0 Å². The summed E-state index contributed by atoms with van der Waals surface area (Å²) in [4.78, 5) is 28.9. The lowest BCUT2D eigenvalue weighted by atomic mass is 9.98. The van der Waals surface area contributed by atoms with Crippen LogP contribution in [0.2, 0.25) is 0 Å². The van der Waals surface area contributed by atoms with Gasteiger partial charge < -0.3 is 15.0 Å². The van der Waals surface area contributed by atoms with Gasteiger partial charge in [0.15, 0.2) is 0 Å². The Balaban J connectivity index is 1.62. The highest BCUT2D eigenvalue weighted by Gasteiger charge is 2.27. The molecule has 8 heteroatoms. The molecule has 0 fully saturated rings. The van der Waals surface area contributed by atoms with Gasteiger partial charge in [-0.3, -0.25) is 14.9 Å². The fraction of sp³-hybridized carbons (Fsp3) is 0.250. The molecule has 0 spiro atoms. The normalized spacial score (nSPS) is 12.6. The average Bonchev–Trinajstić information content (AvgIpc) is 3.31. The molecule has 2 heterocycles. The van der Waals surface area contributed by atoms with Gasteiger partial charge in [-0.1, -0.05) is 40.2 Å². The number of nitrogens with zero attached hydrogens (tertiary/aromatic N) is 1. The zero-order chi connectivity index (χ0) is 22.9. The van der Waals surface area contributed by atoms with Crippen LogP contribution < -0.4 is 10.7 Å². The summed E-state index contributed by atoms with van der Waals surface area (Å²) in [5, 5.41) is 4.67. The minimum Gasteiger partial charge on any atom is -0.448 e. The van der Waals surface area contributed by atoms with Crippen LogP contribution in [-0.2, 0) is 9.53 Å². The molecule has 0 radical (unpaired) electrons. The van der Waals surface area contributed by atoms with Crippen molar-refractivity contribution < 1.29 is 14.3 Å². The summed E-state index contributed by atoms with van der Waals surface area (Å²) in [6, 6.07) is 15.5. The Morgan fingerprint density at radius 3 is 2.72 bits per heavy atom. The number of hydrogen-bond acceptors (Lipinski definition) is 3. The molecule has 7 nitrogen and oxygen atoms in total. The van der Waals surface area contributed by atoms with E-state index in [-0.39, 0.29) is 12.5 Å². The molecule has 1 atom stereocenters. The highest BCUT2D eigenvalue weighted by atomic mass is 79.9. The number of fused-ring (bicyclic) bond motifs is 2. The molecule has 0 aliphatic heterocycles. The largest absolute Gasteiger partial charge is 0.448 e. The van der Waals surface area contributed by atoms with Gasteiger partial charge in [0.25, 0.3) is 0 Å². The zero-order valence-corrected chi connectivity index (χ0v) is 19.7. The predicted molar refractivity (Wildman–Crippen MR) is 129 cm³/mol. The van der Waals surface area contributed by atoms with Gasteiger partial charge in [0, 0.05) is 38.7 Å². The first kappa shape index (κ1) is 22.0. The third-order valence-electron chi connectivity index (χ3n) is 5.06. The van der Waals surface area contributed by atoms with Gasteiger partial charge in [-0.25, -0.2) is 4.79 Å². The number of ether oxygens (including phenoxy) is 1. The lowest BCUT2D eigenvalue weighted by Crippen LogP contribution is -2.42. The highest BCUT2D eigenvalue weighted by Crippen LogP contribution is 2.27. The van der Waals surface area contributed by atoms with Crippen LogP contribution in [0.3, 0.4) is 0 Å². The van der Waals surface area contributed by atoms with E-state index in [2.05, 4.69) is 31.7 Å². The van der Waals surface area contributed by atoms with Crippen molar-refractivity contribution in [3.63, 3.8) is 0 Å². The van der Waals surface area contributed by atoms with Crippen molar-refractivity contribution in [3.8, 4) is 0 Å². The number of rotatable bonds is 5. The molecule has 0 aliphatic carbocycles. The molecule has 0 saturated heterocycles. The van der Waals surface area contributed by atoms with Crippen LogP contribution in [0.4, 0.5) is 4.79 Å². The Kier molecular flexibility index (Phi) is 5.97. The lowest BCUT2D eigenvalue weighted by Gasteiger charge is -2.22. The number of para-hydroxylation sites is 1. The first-order valence-corrected chi connectivity index (χ1v) is 11.1. The second-order valence-electron chi connectivity index (χ2n) is 8.68. The van der Waals surface area contributed by atoms with Crippen LogP contribution in [0, 0.1) is 0 Å². The van der Waals surface area contributed by atoms with Gasteiger partial charge in [-0.2, -0.15) is 0 Å². The van der Waals surface area contributed by atoms with E-state index >= 15 is 0 Å². The molecule has 4 rings (SSSR count). The van der Waals surface area contributed by atoms with Crippen LogP contribution >= 0.6 is 15.9 Å². The van der Waals surface area contributed by atoms with Crippen molar-refractivity contribution in [2.45, 2.75) is 32.2 Å². The molecule has 3 N–H and O–H groups in total. The Morgan fingerprint density at radius 2 is 1.94 bits per heavy atom. The van der Waals surface area contributed by atoms with Gasteiger partial charge >= 0.3 is 6.09 Å². The summed E-state index contributed by atoms with van der Waals surface area (Å²) in [6.45, 7) is 5.51. The number of carbonyl (C=O) groups is 2. The van der Waals surface area contributed by atoms with Crippen LogP contribution in [0.5, 0.6) is 0 Å². The number of carbonyl (C=O) groups excluding carboxylic acids is 2. The second kappa shape index (κ2) is 8.70. The Labute approximate surface area is 194 Å². The molecule has 0 bridgehead atoms. The van der Waals surface area contributed by atoms with Crippen LogP contribution in [0.15, 0.2) is 65.4 Å². The second-order valence-corrected chi connectivity index (χ2v) is 9.60. The molecule has 2 aromatic carbocycles. The number of H-pyrrole nitrogens is 1. The Morgan fingerprint density at radius 1 is 1.16 bits per heavy atom. The van der Waals surface area contributed by atoms with E-state index < -0.39 is 17.6 Å². The van der Waals surface area contributed by atoms with Gasteiger partial charge in [0.2, 0.25) is 5.91 Å². The average molecular weight is 497 g/mol. The molecular weight excluding hydrogens is 472 g/mol. The minimum absolute atomic E-state index is 0.0987. The molecule has 1 unspecified atom stereocenters. The van der Waals surface area contributed by atoms with Crippen molar-refractivity contribution >= 4 is 49.7 Å². The summed E-state index contributed by atoms with van der Waals surface area (Å²) < 4.78 is 8.05. The molecule has 2 amide bonds. The number of alkyl carbamates (subject to hydrolysis) is 1. The van der Waals surface area contributed by atoms with Crippen molar-refractivity contribution in [2.24, 2.45) is 0 Å². The molecule has 2 aromatic heterocycles. The first-order chi connectivity index (χ1) is 15.2. The standard InChI is InChI=1S/C24H25BrN4O3/c1-24(2,3)27-23(31)32-14-19(18-13-26-20-7-5-4-6-17(18)20)22(30)28-29-11-10-15-8-9-16(25)12-21(15)29/h4-13,19,26H,14H2,1-3H3,(H,27,31)(H,28,30).